The first-order valence-corrected chi connectivity index (χ1v) is 11.7. The number of aryl methyl sites for hydroxylation is 1. The van der Waals surface area contributed by atoms with Crippen molar-refractivity contribution in [1.82, 2.24) is 7.24 Å². The van der Waals surface area contributed by atoms with Crippen molar-refractivity contribution < 1.29 is 43.1 Å². The molecule has 25 heavy (non-hydrogen) atoms. The second kappa shape index (κ2) is 5.80. The van der Waals surface area contributed by atoms with Gasteiger partial charge < -0.3 is 0 Å². The average molecular weight is 487 g/mol. The third kappa shape index (κ3) is 3.10. The first-order chi connectivity index (χ1) is 11.6. The summed E-state index contributed by atoms with van der Waals surface area (Å²) in [6, 6.07) is 6.28. The van der Waals surface area contributed by atoms with Gasteiger partial charge in [0, 0.05) is 0 Å². The number of hydrogen-bond donors (Lipinski definition) is 1. The van der Waals surface area contributed by atoms with Gasteiger partial charge in [-0.05, 0) is 0 Å². The fourth-order valence-electron chi connectivity index (χ4n) is 4.36. The topological polar surface area (TPSA) is 49.4 Å². The van der Waals surface area contributed by atoms with Crippen molar-refractivity contribution in [3.8, 4) is 0 Å². The first-order valence-electron chi connectivity index (χ1n) is 8.22. The number of nitrogens with zero attached hydrogens (tertiary/aromatic N) is 1. The molecule has 0 radical (unpaired) electrons. The summed E-state index contributed by atoms with van der Waals surface area (Å²) >= 11 is -1.32. The van der Waals surface area contributed by atoms with Crippen LogP contribution >= 0.6 is 0 Å². The normalized spacial score (nSPS) is 34.6. The zero-order valence-corrected chi connectivity index (χ0v) is 16.6. The van der Waals surface area contributed by atoms with Crippen LogP contribution < -0.4 is 26.2 Å². The van der Waals surface area contributed by atoms with Crippen LogP contribution in [-0.4, -0.2) is 27.2 Å². The van der Waals surface area contributed by atoms with E-state index < -0.39 is 48.0 Å². The van der Waals surface area contributed by atoms with Crippen molar-refractivity contribution >= 4 is 10.2 Å². The zero-order valence-electron chi connectivity index (χ0n) is 13.6. The fraction of sp³-hybridized carbons (Fsp3) is 0.625. The van der Waals surface area contributed by atoms with Crippen LogP contribution in [0.5, 0.6) is 0 Å². The van der Waals surface area contributed by atoms with Gasteiger partial charge in [-0.3, -0.25) is 0 Å². The van der Waals surface area contributed by atoms with Gasteiger partial charge in [0.05, 0.1) is 0 Å². The van der Waals surface area contributed by atoms with Crippen LogP contribution in [-0.2, 0) is 23.1 Å². The number of alkyl halides is 4. The van der Waals surface area contributed by atoms with Crippen LogP contribution in [0, 0.1) is 18.8 Å². The summed E-state index contributed by atoms with van der Waals surface area (Å²) in [5, 5.41) is 0. The van der Waals surface area contributed by atoms with Gasteiger partial charge in [0.1, 0.15) is 0 Å². The molecule has 4 rings (SSSR count). The van der Waals surface area contributed by atoms with Crippen molar-refractivity contribution in [2.24, 2.45) is 11.8 Å². The molecule has 0 unspecified atom stereocenters. The van der Waals surface area contributed by atoms with E-state index in [0.717, 1.165) is 31.2 Å². The van der Waals surface area contributed by atoms with E-state index in [1.165, 1.54) is 11.1 Å². The molecule has 1 N–H and O–H groups in total. The van der Waals surface area contributed by atoms with E-state index in [9.17, 15) is 21.6 Å². The molecule has 2 bridgehead atoms. The maximum atomic E-state index is 12.8. The van der Waals surface area contributed by atoms with Crippen LogP contribution in [0.2, 0.25) is 0 Å². The van der Waals surface area contributed by atoms with Crippen LogP contribution in [0.1, 0.15) is 29.5 Å². The van der Waals surface area contributed by atoms with Gasteiger partial charge in [-0.2, -0.15) is 0 Å². The summed E-state index contributed by atoms with van der Waals surface area (Å²) in [5.41, 5.74) is 3.60. The minimum absolute atomic E-state index is 0.0846. The Hall–Kier alpha value is -0.390. The van der Waals surface area contributed by atoms with E-state index in [2.05, 4.69) is 16.9 Å². The molecule has 1 saturated carbocycles. The van der Waals surface area contributed by atoms with Gasteiger partial charge in [-0.15, -0.1) is 0 Å². The maximum absolute atomic E-state index is 12.8. The second-order valence-electron chi connectivity index (χ2n) is 7.17. The Kier molecular flexibility index (Phi) is 4.18. The van der Waals surface area contributed by atoms with Crippen molar-refractivity contribution in [3.05, 3.63) is 34.9 Å². The molecule has 3 aliphatic rings. The minimum atomic E-state index is -4.51. The third-order valence-electron chi connectivity index (χ3n) is 5.43. The second-order valence-corrected chi connectivity index (χ2v) is 12.9. The number of nitrogens with one attached hydrogen (secondary N) is 1. The molecule has 1 spiro atoms. The van der Waals surface area contributed by atoms with Crippen LogP contribution in [0.4, 0.5) is 13.2 Å². The Morgan fingerprint density at radius 2 is 1.88 bits per heavy atom. The molecule has 3 atom stereocenters. The Morgan fingerprint density at radius 1 is 1.24 bits per heavy atom. The average Bonchev–Trinajstić information content (AvgIpc) is 2.84. The van der Waals surface area contributed by atoms with Crippen LogP contribution in [0.25, 0.3) is 0 Å². The van der Waals surface area contributed by atoms with Gasteiger partial charge in [0.15, 0.2) is 0 Å². The number of halogens is 4. The Morgan fingerprint density at radius 3 is 2.52 bits per heavy atom. The molecule has 1 saturated heterocycles. The van der Waals surface area contributed by atoms with Crippen molar-refractivity contribution in [3.63, 3.8) is 0 Å². The number of hydrogen-bond acceptors (Lipinski definition) is 2. The van der Waals surface area contributed by atoms with E-state index in [4.69, 9.17) is 0 Å². The Labute approximate surface area is 156 Å². The van der Waals surface area contributed by atoms with Crippen molar-refractivity contribution in [2.75, 3.05) is 6.54 Å². The van der Waals surface area contributed by atoms with E-state index in [-0.39, 0.29) is 11.8 Å². The summed E-state index contributed by atoms with van der Waals surface area (Å²) in [4.78, 5) is 0. The van der Waals surface area contributed by atoms with Crippen molar-refractivity contribution in [2.45, 2.75) is 42.3 Å². The molecule has 4 nitrogen and oxygen atoms in total. The standard InChI is InChI=1S/C16H19F3IN2O2S/c1-10-2-3-11-7-13-4-5-14(8-12(11)6-10)16(13)20-22(9-15(17,18)19)25(23,24)21-16/h2-3,6,13-14,21H,4-5,7-9H2,1H3/q-1/t13-,14+,16+/m0/s1. The molecule has 140 valence electrons. The third-order valence-corrected chi connectivity index (χ3v) is 12.8. The molecule has 2 fully saturated rings. The molecule has 9 heteroatoms. The first kappa shape index (κ1) is 18.0. The van der Waals surface area contributed by atoms with Crippen molar-refractivity contribution in [1.29, 1.82) is 0 Å². The predicted molar refractivity (Wildman–Crippen MR) is 82.3 cm³/mol. The molecule has 2 aliphatic carbocycles. The Balaban J connectivity index is 1.70. The molecule has 1 aliphatic heterocycles. The fourth-order valence-corrected chi connectivity index (χ4v) is 11.9. The summed E-state index contributed by atoms with van der Waals surface area (Å²) in [6.45, 7) is 0.651. The summed E-state index contributed by atoms with van der Waals surface area (Å²) in [7, 11) is -4.05. The van der Waals surface area contributed by atoms with Gasteiger partial charge in [-0.25, -0.2) is 0 Å². The van der Waals surface area contributed by atoms with Gasteiger partial charge in [0.25, 0.3) is 0 Å². The van der Waals surface area contributed by atoms with E-state index in [1.54, 1.807) is 0 Å². The quantitative estimate of drug-likeness (QED) is 0.252. The molecule has 1 heterocycles. The number of fused-ring (bicyclic) bond motifs is 1. The number of benzene rings is 1. The summed E-state index contributed by atoms with van der Waals surface area (Å²) in [6.07, 6.45) is -1.27. The summed E-state index contributed by atoms with van der Waals surface area (Å²) in [5.74, 6) is 0.170. The van der Waals surface area contributed by atoms with Crippen LogP contribution in [0.3, 0.4) is 0 Å². The SMILES string of the molecule is Cc1ccc2c(c1)C[C@H]1CC[C@@H](C2)[C@@]12NS(=O)(=O)N(CC(F)(F)F)[I-]2. The monoisotopic (exact) mass is 487 g/mol. The van der Waals surface area contributed by atoms with Gasteiger partial charge >= 0.3 is 156 Å². The molecule has 1 aromatic carbocycles. The number of rotatable bonds is 1. The molecular weight excluding hydrogens is 468 g/mol. The van der Waals surface area contributed by atoms with Crippen LogP contribution in [0.15, 0.2) is 18.2 Å². The molecule has 1 aromatic rings. The zero-order chi connectivity index (χ0) is 18.0. The predicted octanol–water partition coefficient (Wildman–Crippen LogP) is -0.468. The Bertz CT molecular complexity index is 814. The van der Waals surface area contributed by atoms with E-state index >= 15 is 0 Å². The summed E-state index contributed by atoms with van der Waals surface area (Å²) < 4.78 is 66.1. The molecular formula is C16H19F3IN2O2S-. The van der Waals surface area contributed by atoms with Gasteiger partial charge in [0.2, 0.25) is 0 Å². The molecule has 0 amide bonds. The van der Waals surface area contributed by atoms with Gasteiger partial charge in [-0.1, -0.05) is 0 Å². The van der Waals surface area contributed by atoms with E-state index in [0.29, 0.717) is 2.52 Å². The molecule has 0 aromatic heterocycles. The van der Waals surface area contributed by atoms with E-state index in [1.807, 2.05) is 13.0 Å².